The zero-order valence-electron chi connectivity index (χ0n) is 13.6. The van der Waals surface area contributed by atoms with Gasteiger partial charge in [-0.1, -0.05) is 28.1 Å². The van der Waals surface area contributed by atoms with Crippen LogP contribution in [-0.2, 0) is 9.53 Å². The Kier molecular flexibility index (Phi) is 6.27. The first kappa shape index (κ1) is 17.7. The van der Waals surface area contributed by atoms with Gasteiger partial charge in [-0.25, -0.2) is 5.43 Å². The molecule has 7 heteroatoms. The molecule has 1 aromatic heterocycles. The van der Waals surface area contributed by atoms with Crippen molar-refractivity contribution in [3.63, 3.8) is 0 Å². The lowest BCUT2D eigenvalue weighted by Gasteiger charge is -2.33. The van der Waals surface area contributed by atoms with E-state index in [0.717, 1.165) is 15.6 Å². The Morgan fingerprint density at radius 1 is 1.20 bits per heavy atom. The molecule has 0 unspecified atom stereocenters. The van der Waals surface area contributed by atoms with E-state index in [-0.39, 0.29) is 5.91 Å². The van der Waals surface area contributed by atoms with Crippen LogP contribution in [0.3, 0.4) is 0 Å². The minimum Gasteiger partial charge on any atom is -0.379 e. The van der Waals surface area contributed by atoms with Crippen LogP contribution >= 0.6 is 15.9 Å². The Hall–Kier alpha value is -2.09. The van der Waals surface area contributed by atoms with E-state index in [1.807, 2.05) is 36.4 Å². The second-order valence-corrected chi connectivity index (χ2v) is 6.53. The number of amides is 1. The van der Waals surface area contributed by atoms with Crippen molar-refractivity contribution >= 4 is 28.1 Å². The normalized spacial score (nSPS) is 16.7. The van der Waals surface area contributed by atoms with Crippen molar-refractivity contribution in [3.8, 4) is 0 Å². The molecule has 2 aromatic rings. The fraction of sp³-hybridized carbons (Fsp3) is 0.278. The molecule has 25 heavy (non-hydrogen) atoms. The molecule has 1 N–H and O–H groups in total. The van der Waals surface area contributed by atoms with E-state index in [1.54, 1.807) is 18.6 Å². The second kappa shape index (κ2) is 8.84. The number of ether oxygens (including phenoxy) is 1. The van der Waals surface area contributed by atoms with Crippen molar-refractivity contribution in [1.82, 2.24) is 15.3 Å². The molecule has 1 aliphatic rings. The first-order valence-corrected chi connectivity index (χ1v) is 8.83. The van der Waals surface area contributed by atoms with Crippen LogP contribution < -0.4 is 5.43 Å². The standard InChI is InChI=1S/C18H19BrN4O2/c19-16-3-1-14(2-4-16)13-21-22-18(24)17(15-5-7-20-8-6-15)23-9-11-25-12-10-23/h1-8,13,17H,9-12H2,(H,22,24)/b21-13-/t17-/m1/s1. The highest BCUT2D eigenvalue weighted by Gasteiger charge is 2.28. The molecule has 0 bridgehead atoms. The molecule has 0 spiro atoms. The fourth-order valence-corrected chi connectivity index (χ4v) is 2.95. The number of rotatable bonds is 5. The Morgan fingerprint density at radius 2 is 1.88 bits per heavy atom. The van der Waals surface area contributed by atoms with Crippen molar-refractivity contribution in [2.24, 2.45) is 5.10 Å². The van der Waals surface area contributed by atoms with Gasteiger partial charge in [0.25, 0.3) is 5.91 Å². The lowest BCUT2D eigenvalue weighted by Crippen LogP contribution is -2.44. The highest BCUT2D eigenvalue weighted by molar-refractivity contribution is 9.10. The number of nitrogens with one attached hydrogen (secondary N) is 1. The number of pyridine rings is 1. The molecule has 0 saturated carbocycles. The van der Waals surface area contributed by atoms with Crippen molar-refractivity contribution in [2.45, 2.75) is 6.04 Å². The van der Waals surface area contributed by atoms with Crippen LogP contribution in [0.15, 0.2) is 58.4 Å². The predicted octanol–water partition coefficient (Wildman–Crippen LogP) is 2.37. The van der Waals surface area contributed by atoms with Gasteiger partial charge in [0.05, 0.1) is 19.4 Å². The van der Waals surface area contributed by atoms with Gasteiger partial charge in [0.15, 0.2) is 0 Å². The van der Waals surface area contributed by atoms with Crippen LogP contribution in [0.25, 0.3) is 0 Å². The number of morpholine rings is 1. The van der Waals surface area contributed by atoms with Crippen LogP contribution in [0, 0.1) is 0 Å². The van der Waals surface area contributed by atoms with Crippen molar-refractivity contribution in [3.05, 3.63) is 64.4 Å². The molecule has 1 atom stereocenters. The van der Waals surface area contributed by atoms with Crippen molar-refractivity contribution in [1.29, 1.82) is 0 Å². The fourth-order valence-electron chi connectivity index (χ4n) is 2.69. The largest absolute Gasteiger partial charge is 0.379 e. The Balaban J connectivity index is 1.71. The van der Waals surface area contributed by atoms with Gasteiger partial charge in [-0.15, -0.1) is 0 Å². The molecule has 0 radical (unpaired) electrons. The average molecular weight is 403 g/mol. The molecule has 1 fully saturated rings. The van der Waals surface area contributed by atoms with Crippen LogP contribution in [-0.4, -0.2) is 48.3 Å². The number of hydrazone groups is 1. The third kappa shape index (κ3) is 4.94. The molecule has 1 amide bonds. The molecule has 0 aliphatic carbocycles. The minimum atomic E-state index is -0.408. The SMILES string of the molecule is O=C(N/N=C\c1ccc(Br)cc1)[C@@H](c1ccncc1)N1CCOCC1. The number of benzene rings is 1. The smallest absolute Gasteiger partial charge is 0.262 e. The van der Waals surface area contributed by atoms with E-state index in [4.69, 9.17) is 4.74 Å². The molecule has 3 rings (SSSR count). The maximum atomic E-state index is 12.8. The third-order valence-electron chi connectivity index (χ3n) is 3.94. The molecule has 1 aliphatic heterocycles. The highest BCUT2D eigenvalue weighted by Crippen LogP contribution is 2.21. The average Bonchev–Trinajstić information content (AvgIpc) is 2.65. The Bertz CT molecular complexity index is 716. The molecule has 1 saturated heterocycles. The quantitative estimate of drug-likeness (QED) is 0.615. The van der Waals surface area contributed by atoms with Crippen molar-refractivity contribution < 1.29 is 9.53 Å². The van der Waals surface area contributed by atoms with E-state index < -0.39 is 6.04 Å². The van der Waals surface area contributed by atoms with E-state index in [2.05, 4.69) is 36.3 Å². The number of aromatic nitrogens is 1. The van der Waals surface area contributed by atoms with Crippen LogP contribution in [0.5, 0.6) is 0 Å². The number of hydrogen-bond acceptors (Lipinski definition) is 5. The van der Waals surface area contributed by atoms with Gasteiger partial charge < -0.3 is 4.74 Å². The Labute approximate surface area is 155 Å². The first-order valence-electron chi connectivity index (χ1n) is 8.04. The van der Waals surface area contributed by atoms with Gasteiger partial charge in [0.1, 0.15) is 6.04 Å². The van der Waals surface area contributed by atoms with E-state index in [0.29, 0.717) is 26.3 Å². The van der Waals surface area contributed by atoms with E-state index in [9.17, 15) is 4.79 Å². The van der Waals surface area contributed by atoms with Gasteiger partial charge in [-0.05, 0) is 35.4 Å². The van der Waals surface area contributed by atoms with Crippen LogP contribution in [0.4, 0.5) is 0 Å². The minimum absolute atomic E-state index is 0.165. The van der Waals surface area contributed by atoms with Crippen molar-refractivity contribution in [2.75, 3.05) is 26.3 Å². The molecular formula is C18H19BrN4O2. The Morgan fingerprint density at radius 3 is 2.56 bits per heavy atom. The number of hydrogen-bond donors (Lipinski definition) is 1. The van der Waals surface area contributed by atoms with Gasteiger partial charge in [-0.3, -0.25) is 14.7 Å². The third-order valence-corrected chi connectivity index (χ3v) is 4.47. The van der Waals surface area contributed by atoms with Gasteiger partial charge in [0, 0.05) is 30.0 Å². The summed E-state index contributed by atoms with van der Waals surface area (Å²) < 4.78 is 6.39. The summed E-state index contributed by atoms with van der Waals surface area (Å²) in [5.41, 5.74) is 4.47. The summed E-state index contributed by atoms with van der Waals surface area (Å²) in [6, 6.07) is 11.0. The van der Waals surface area contributed by atoms with E-state index >= 15 is 0 Å². The number of halogens is 1. The summed E-state index contributed by atoms with van der Waals surface area (Å²) in [5.74, 6) is -0.165. The molecule has 1 aromatic carbocycles. The molecule has 2 heterocycles. The molecule has 6 nitrogen and oxygen atoms in total. The number of carbonyl (C=O) groups is 1. The summed E-state index contributed by atoms with van der Waals surface area (Å²) in [7, 11) is 0. The first-order chi connectivity index (χ1) is 12.2. The summed E-state index contributed by atoms with van der Waals surface area (Å²) in [5, 5.41) is 4.10. The topological polar surface area (TPSA) is 66.8 Å². The number of carbonyl (C=O) groups excluding carboxylic acids is 1. The molecule has 130 valence electrons. The highest BCUT2D eigenvalue weighted by atomic mass is 79.9. The lowest BCUT2D eigenvalue weighted by molar-refractivity contribution is -0.128. The van der Waals surface area contributed by atoms with Gasteiger partial charge in [0.2, 0.25) is 0 Å². The van der Waals surface area contributed by atoms with E-state index in [1.165, 1.54) is 0 Å². The zero-order valence-corrected chi connectivity index (χ0v) is 15.2. The summed E-state index contributed by atoms with van der Waals surface area (Å²) in [6.45, 7) is 2.65. The molecular weight excluding hydrogens is 384 g/mol. The number of nitrogens with zero attached hydrogens (tertiary/aromatic N) is 3. The predicted molar refractivity (Wildman–Crippen MR) is 99.2 cm³/mol. The van der Waals surface area contributed by atoms with Gasteiger partial charge >= 0.3 is 0 Å². The second-order valence-electron chi connectivity index (χ2n) is 5.62. The maximum absolute atomic E-state index is 12.8. The summed E-state index contributed by atoms with van der Waals surface area (Å²) >= 11 is 3.39. The maximum Gasteiger partial charge on any atom is 0.262 e. The van der Waals surface area contributed by atoms with Gasteiger partial charge in [-0.2, -0.15) is 5.10 Å². The summed E-state index contributed by atoms with van der Waals surface area (Å²) in [4.78, 5) is 18.9. The monoisotopic (exact) mass is 402 g/mol. The summed E-state index contributed by atoms with van der Waals surface area (Å²) in [6.07, 6.45) is 5.02. The van der Waals surface area contributed by atoms with Crippen LogP contribution in [0.2, 0.25) is 0 Å². The lowest BCUT2D eigenvalue weighted by atomic mass is 10.1. The zero-order chi connectivity index (χ0) is 17.5. The van der Waals surface area contributed by atoms with Crippen LogP contribution in [0.1, 0.15) is 17.2 Å².